The lowest BCUT2D eigenvalue weighted by molar-refractivity contribution is 0.112. The maximum atomic E-state index is 13.9. The van der Waals surface area contributed by atoms with Crippen LogP contribution in [-0.2, 0) is 6.54 Å². The number of ether oxygens (including phenoxy) is 1. The van der Waals surface area contributed by atoms with Gasteiger partial charge in [-0.2, -0.15) is 0 Å². The van der Waals surface area contributed by atoms with Crippen molar-refractivity contribution in [3.8, 4) is 5.75 Å². The first-order valence-electron chi connectivity index (χ1n) is 6.33. The lowest BCUT2D eigenvalue weighted by Gasteiger charge is -2.21. The number of methoxy groups -OCH3 is 1. The Kier molecular flexibility index (Phi) is 4.52. The Labute approximate surface area is 121 Å². The van der Waals surface area contributed by atoms with Crippen molar-refractivity contribution in [1.82, 2.24) is 0 Å². The van der Waals surface area contributed by atoms with E-state index < -0.39 is 11.6 Å². The Morgan fingerprint density at radius 3 is 2.19 bits per heavy atom. The predicted octanol–water partition coefficient (Wildman–Crippen LogP) is 3.42. The van der Waals surface area contributed by atoms with Crippen LogP contribution in [0.5, 0.6) is 5.75 Å². The fraction of sp³-hybridized carbons (Fsp3) is 0.188. The van der Waals surface area contributed by atoms with Crippen LogP contribution in [0, 0.1) is 11.6 Å². The molecule has 5 heteroatoms. The van der Waals surface area contributed by atoms with E-state index >= 15 is 0 Å². The third-order valence-corrected chi connectivity index (χ3v) is 3.14. The van der Waals surface area contributed by atoms with Crippen molar-refractivity contribution in [2.75, 3.05) is 19.1 Å². The molecule has 0 spiro atoms. The third-order valence-electron chi connectivity index (χ3n) is 3.14. The van der Waals surface area contributed by atoms with Gasteiger partial charge in [-0.1, -0.05) is 12.1 Å². The summed E-state index contributed by atoms with van der Waals surface area (Å²) < 4.78 is 32.9. The van der Waals surface area contributed by atoms with Crippen LogP contribution in [0.25, 0.3) is 0 Å². The van der Waals surface area contributed by atoms with Gasteiger partial charge in [0, 0.05) is 19.2 Å². The molecule has 0 saturated heterocycles. The zero-order valence-corrected chi connectivity index (χ0v) is 11.8. The second-order valence-corrected chi connectivity index (χ2v) is 4.66. The number of carbonyl (C=O) groups excluding carboxylic acids is 1. The van der Waals surface area contributed by atoms with Crippen molar-refractivity contribution >= 4 is 12.0 Å². The van der Waals surface area contributed by atoms with Crippen molar-refractivity contribution in [3.05, 3.63) is 59.2 Å². The number of anilines is 1. The van der Waals surface area contributed by atoms with Gasteiger partial charge in [0.15, 0.2) is 0 Å². The van der Waals surface area contributed by atoms with Crippen LogP contribution in [0.4, 0.5) is 14.5 Å². The third kappa shape index (κ3) is 3.37. The van der Waals surface area contributed by atoms with E-state index in [2.05, 4.69) is 0 Å². The Hall–Kier alpha value is -2.43. The average molecular weight is 291 g/mol. The molecule has 0 aliphatic heterocycles. The summed E-state index contributed by atoms with van der Waals surface area (Å²) in [7, 11) is 3.16. The number of carbonyl (C=O) groups is 1. The Bertz CT molecular complexity index is 618. The maximum absolute atomic E-state index is 13.9. The Morgan fingerprint density at radius 1 is 1.14 bits per heavy atom. The van der Waals surface area contributed by atoms with Gasteiger partial charge in [-0.05, 0) is 29.8 Å². The van der Waals surface area contributed by atoms with E-state index in [4.69, 9.17) is 4.74 Å². The smallest absolute Gasteiger partial charge is 0.150 e. The molecule has 3 nitrogen and oxygen atoms in total. The monoisotopic (exact) mass is 291 g/mol. The quantitative estimate of drug-likeness (QED) is 0.791. The number of halogens is 2. The SMILES string of the molecule is COc1ccc(CN(C)c2c(F)cc(C=O)cc2F)cc1. The van der Waals surface area contributed by atoms with Crippen molar-refractivity contribution in [3.63, 3.8) is 0 Å². The van der Waals surface area contributed by atoms with Crippen LogP contribution < -0.4 is 9.64 Å². The highest BCUT2D eigenvalue weighted by molar-refractivity contribution is 5.76. The van der Waals surface area contributed by atoms with Crippen molar-refractivity contribution in [2.24, 2.45) is 0 Å². The second-order valence-electron chi connectivity index (χ2n) is 4.66. The summed E-state index contributed by atoms with van der Waals surface area (Å²) in [6.07, 6.45) is 0.416. The molecular formula is C16H15F2NO2. The Morgan fingerprint density at radius 2 is 1.71 bits per heavy atom. The van der Waals surface area contributed by atoms with E-state index in [1.54, 1.807) is 26.3 Å². The number of hydrogen-bond acceptors (Lipinski definition) is 3. The first-order valence-corrected chi connectivity index (χ1v) is 6.33. The minimum Gasteiger partial charge on any atom is -0.497 e. The minimum atomic E-state index is -0.756. The van der Waals surface area contributed by atoms with Crippen molar-refractivity contribution in [2.45, 2.75) is 6.54 Å². The molecule has 0 radical (unpaired) electrons. The molecule has 0 aromatic heterocycles. The van der Waals surface area contributed by atoms with Gasteiger partial charge >= 0.3 is 0 Å². The molecule has 0 atom stereocenters. The highest BCUT2D eigenvalue weighted by atomic mass is 19.1. The average Bonchev–Trinajstić information content (AvgIpc) is 2.47. The summed E-state index contributed by atoms with van der Waals surface area (Å²) in [4.78, 5) is 12.0. The van der Waals surface area contributed by atoms with Crippen LogP contribution in [0.15, 0.2) is 36.4 Å². The van der Waals surface area contributed by atoms with E-state index in [1.807, 2.05) is 12.1 Å². The summed E-state index contributed by atoms with van der Waals surface area (Å²) in [5.74, 6) is -0.796. The summed E-state index contributed by atoms with van der Waals surface area (Å²) in [5, 5.41) is 0. The zero-order valence-electron chi connectivity index (χ0n) is 11.8. The van der Waals surface area contributed by atoms with Gasteiger partial charge in [-0.3, -0.25) is 4.79 Å². The standard InChI is InChI=1S/C16H15F2NO2/c1-19(9-11-3-5-13(21-2)6-4-11)16-14(17)7-12(10-20)8-15(16)18/h3-8,10H,9H2,1-2H3. The van der Waals surface area contributed by atoms with E-state index in [0.29, 0.717) is 18.6 Å². The zero-order chi connectivity index (χ0) is 15.4. The molecule has 2 rings (SSSR count). The summed E-state index contributed by atoms with van der Waals surface area (Å²) in [6, 6.07) is 9.26. The molecule has 0 fully saturated rings. The van der Waals surface area contributed by atoms with Crippen LogP contribution in [0.3, 0.4) is 0 Å². The number of aldehydes is 1. The number of hydrogen-bond donors (Lipinski definition) is 0. The first-order chi connectivity index (χ1) is 10.0. The van der Waals surface area contributed by atoms with Crippen LogP contribution in [0.2, 0.25) is 0 Å². The molecule has 0 N–H and O–H groups in total. The van der Waals surface area contributed by atoms with E-state index in [1.165, 1.54) is 4.90 Å². The molecule has 0 bridgehead atoms. The molecule has 0 saturated carbocycles. The number of nitrogens with zero attached hydrogens (tertiary/aromatic N) is 1. The van der Waals surface area contributed by atoms with Crippen LogP contribution >= 0.6 is 0 Å². The van der Waals surface area contributed by atoms with Crippen molar-refractivity contribution in [1.29, 1.82) is 0 Å². The molecule has 0 amide bonds. The summed E-state index contributed by atoms with van der Waals surface area (Å²) in [6.45, 7) is 0.332. The minimum absolute atomic E-state index is 0.0217. The lowest BCUT2D eigenvalue weighted by atomic mass is 10.1. The fourth-order valence-electron chi connectivity index (χ4n) is 2.10. The molecule has 0 unspecified atom stereocenters. The maximum Gasteiger partial charge on any atom is 0.150 e. The van der Waals surface area contributed by atoms with Gasteiger partial charge in [-0.25, -0.2) is 8.78 Å². The van der Waals surface area contributed by atoms with Gasteiger partial charge in [0.25, 0.3) is 0 Å². The summed E-state index contributed by atoms with van der Waals surface area (Å²) >= 11 is 0. The van der Waals surface area contributed by atoms with Gasteiger partial charge in [-0.15, -0.1) is 0 Å². The van der Waals surface area contributed by atoms with Gasteiger partial charge < -0.3 is 9.64 Å². The molecule has 2 aromatic carbocycles. The molecular weight excluding hydrogens is 276 g/mol. The van der Waals surface area contributed by atoms with Crippen LogP contribution in [-0.4, -0.2) is 20.4 Å². The fourth-order valence-corrected chi connectivity index (χ4v) is 2.10. The summed E-state index contributed by atoms with van der Waals surface area (Å²) in [5.41, 5.74) is 0.708. The molecule has 110 valence electrons. The highest BCUT2D eigenvalue weighted by Crippen LogP contribution is 2.25. The molecule has 0 aliphatic carbocycles. The van der Waals surface area contributed by atoms with Crippen molar-refractivity contribution < 1.29 is 18.3 Å². The molecule has 0 heterocycles. The molecule has 0 aliphatic rings. The topological polar surface area (TPSA) is 29.5 Å². The number of benzene rings is 2. The predicted molar refractivity (Wildman–Crippen MR) is 76.8 cm³/mol. The normalized spacial score (nSPS) is 10.3. The Balaban J connectivity index is 2.23. The number of rotatable bonds is 5. The van der Waals surface area contributed by atoms with Gasteiger partial charge in [0.1, 0.15) is 29.4 Å². The van der Waals surface area contributed by atoms with E-state index in [0.717, 1.165) is 17.7 Å². The lowest BCUT2D eigenvalue weighted by Crippen LogP contribution is -2.19. The van der Waals surface area contributed by atoms with Crippen LogP contribution in [0.1, 0.15) is 15.9 Å². The highest BCUT2D eigenvalue weighted by Gasteiger charge is 2.15. The molecule has 21 heavy (non-hydrogen) atoms. The van der Waals surface area contributed by atoms with Gasteiger partial charge in [0.2, 0.25) is 0 Å². The molecule has 2 aromatic rings. The largest absolute Gasteiger partial charge is 0.497 e. The van der Waals surface area contributed by atoms with E-state index in [9.17, 15) is 13.6 Å². The first kappa shape index (κ1) is 15.0. The van der Waals surface area contributed by atoms with E-state index in [-0.39, 0.29) is 11.3 Å². The second kappa shape index (κ2) is 6.35. The van der Waals surface area contributed by atoms with Gasteiger partial charge in [0.05, 0.1) is 7.11 Å².